The molecule has 0 bridgehead atoms. The zero-order valence-electron chi connectivity index (χ0n) is 10.5. The fourth-order valence-corrected chi connectivity index (χ4v) is 2.17. The lowest BCUT2D eigenvalue weighted by Gasteiger charge is -2.16. The van der Waals surface area contributed by atoms with Crippen LogP contribution in [0.1, 0.15) is 11.1 Å². The monoisotopic (exact) mass is 283 g/mol. The highest BCUT2D eigenvalue weighted by Crippen LogP contribution is 2.38. The molecule has 0 aromatic heterocycles. The first-order valence-corrected chi connectivity index (χ1v) is 6.09. The van der Waals surface area contributed by atoms with E-state index in [0.29, 0.717) is 0 Å². The minimum absolute atomic E-state index is 0.0250. The predicted octanol–water partition coefficient (Wildman–Crippen LogP) is 4.01. The molecular formula is C15H13F4N. The van der Waals surface area contributed by atoms with Gasteiger partial charge in [-0.25, -0.2) is 4.39 Å². The predicted molar refractivity (Wildman–Crippen MR) is 69.6 cm³/mol. The third kappa shape index (κ3) is 2.82. The SMILES string of the molecule is NCCc1c(F)cccc1-c1ccccc1C(F)(F)F. The second kappa shape index (κ2) is 5.63. The standard InChI is InChI=1S/C15H13F4N/c16-14-7-3-5-10(12(14)8-9-20)11-4-1-2-6-13(11)15(17,18)19/h1-7H,8-9,20H2. The zero-order valence-corrected chi connectivity index (χ0v) is 10.5. The maximum Gasteiger partial charge on any atom is 0.417 e. The zero-order chi connectivity index (χ0) is 14.8. The van der Waals surface area contributed by atoms with Crippen LogP contribution in [0.2, 0.25) is 0 Å². The lowest BCUT2D eigenvalue weighted by atomic mass is 9.93. The van der Waals surface area contributed by atoms with E-state index in [4.69, 9.17) is 5.73 Å². The molecule has 1 nitrogen and oxygen atoms in total. The Kier molecular flexibility index (Phi) is 4.09. The number of rotatable bonds is 3. The van der Waals surface area contributed by atoms with Gasteiger partial charge in [0.1, 0.15) is 5.82 Å². The highest BCUT2D eigenvalue weighted by Gasteiger charge is 2.33. The lowest BCUT2D eigenvalue weighted by molar-refractivity contribution is -0.137. The number of hydrogen-bond acceptors (Lipinski definition) is 1. The third-order valence-corrected chi connectivity index (χ3v) is 3.04. The molecule has 0 aliphatic carbocycles. The maximum absolute atomic E-state index is 13.8. The molecule has 0 atom stereocenters. The molecule has 2 aromatic carbocycles. The fraction of sp³-hybridized carbons (Fsp3) is 0.200. The van der Waals surface area contributed by atoms with Crippen molar-refractivity contribution in [2.75, 3.05) is 6.54 Å². The van der Waals surface area contributed by atoms with Crippen molar-refractivity contribution < 1.29 is 17.6 Å². The van der Waals surface area contributed by atoms with Gasteiger partial charge in [0.15, 0.2) is 0 Å². The summed E-state index contributed by atoms with van der Waals surface area (Å²) < 4.78 is 52.9. The molecule has 106 valence electrons. The van der Waals surface area contributed by atoms with E-state index in [-0.39, 0.29) is 29.7 Å². The molecule has 0 saturated heterocycles. The Hall–Kier alpha value is -1.88. The van der Waals surface area contributed by atoms with Crippen LogP contribution in [-0.4, -0.2) is 6.54 Å². The van der Waals surface area contributed by atoms with Crippen molar-refractivity contribution in [3.8, 4) is 11.1 Å². The lowest BCUT2D eigenvalue weighted by Crippen LogP contribution is -2.10. The molecule has 0 amide bonds. The first kappa shape index (κ1) is 14.5. The first-order chi connectivity index (χ1) is 9.45. The van der Waals surface area contributed by atoms with Crippen molar-refractivity contribution in [2.24, 2.45) is 5.73 Å². The van der Waals surface area contributed by atoms with E-state index in [9.17, 15) is 17.6 Å². The van der Waals surface area contributed by atoms with Crippen molar-refractivity contribution in [3.05, 3.63) is 59.4 Å². The highest BCUT2D eigenvalue weighted by atomic mass is 19.4. The minimum atomic E-state index is -4.48. The van der Waals surface area contributed by atoms with Crippen molar-refractivity contribution in [3.63, 3.8) is 0 Å². The van der Waals surface area contributed by atoms with Gasteiger partial charge < -0.3 is 5.73 Å². The van der Waals surface area contributed by atoms with Gasteiger partial charge >= 0.3 is 6.18 Å². The topological polar surface area (TPSA) is 26.0 Å². The summed E-state index contributed by atoms with van der Waals surface area (Å²) in [6.45, 7) is 0.169. The van der Waals surface area contributed by atoms with Crippen molar-refractivity contribution in [1.82, 2.24) is 0 Å². The summed E-state index contributed by atoms with van der Waals surface area (Å²) in [4.78, 5) is 0. The van der Waals surface area contributed by atoms with Crippen molar-refractivity contribution >= 4 is 0 Å². The molecule has 0 radical (unpaired) electrons. The quantitative estimate of drug-likeness (QED) is 0.846. The van der Waals surface area contributed by atoms with Crippen LogP contribution in [0.25, 0.3) is 11.1 Å². The van der Waals surface area contributed by atoms with Crippen LogP contribution in [0.5, 0.6) is 0 Å². The van der Waals surface area contributed by atoms with Gasteiger partial charge in [-0.1, -0.05) is 30.3 Å². The summed E-state index contributed by atoms with van der Waals surface area (Å²) in [6, 6.07) is 9.27. The molecule has 2 N–H and O–H groups in total. The molecular weight excluding hydrogens is 270 g/mol. The number of halogens is 4. The van der Waals surface area contributed by atoms with E-state index in [1.54, 1.807) is 0 Å². The molecule has 20 heavy (non-hydrogen) atoms. The molecule has 0 aliphatic heterocycles. The van der Waals surface area contributed by atoms with E-state index in [2.05, 4.69) is 0 Å². The van der Waals surface area contributed by atoms with Gasteiger partial charge in [0, 0.05) is 0 Å². The van der Waals surface area contributed by atoms with E-state index in [1.165, 1.54) is 36.4 Å². The molecule has 0 saturated carbocycles. The van der Waals surface area contributed by atoms with Crippen LogP contribution < -0.4 is 5.73 Å². The smallest absolute Gasteiger partial charge is 0.330 e. The molecule has 0 unspecified atom stereocenters. The Morgan fingerprint density at radius 2 is 1.55 bits per heavy atom. The van der Waals surface area contributed by atoms with Crippen LogP contribution in [0.15, 0.2) is 42.5 Å². The molecule has 0 fully saturated rings. The van der Waals surface area contributed by atoms with Gasteiger partial charge in [0.05, 0.1) is 5.56 Å². The van der Waals surface area contributed by atoms with Gasteiger partial charge in [-0.15, -0.1) is 0 Å². The number of alkyl halides is 3. The van der Waals surface area contributed by atoms with Crippen molar-refractivity contribution in [2.45, 2.75) is 12.6 Å². The van der Waals surface area contributed by atoms with E-state index < -0.39 is 17.6 Å². The van der Waals surface area contributed by atoms with E-state index in [0.717, 1.165) is 6.07 Å². The minimum Gasteiger partial charge on any atom is -0.330 e. The van der Waals surface area contributed by atoms with E-state index in [1.807, 2.05) is 0 Å². The van der Waals surface area contributed by atoms with Gasteiger partial charge in [-0.2, -0.15) is 13.2 Å². The summed E-state index contributed by atoms with van der Waals surface area (Å²) in [5.74, 6) is -0.537. The van der Waals surface area contributed by atoms with Gasteiger partial charge in [-0.3, -0.25) is 0 Å². The number of benzene rings is 2. The Labute approximate surface area is 114 Å². The molecule has 0 aliphatic rings. The summed E-state index contributed by atoms with van der Waals surface area (Å²) in [5, 5.41) is 0. The summed E-state index contributed by atoms with van der Waals surface area (Å²) in [6.07, 6.45) is -4.29. The third-order valence-electron chi connectivity index (χ3n) is 3.04. The van der Waals surface area contributed by atoms with Crippen LogP contribution in [-0.2, 0) is 12.6 Å². The Morgan fingerprint density at radius 1 is 0.900 bits per heavy atom. The number of hydrogen-bond donors (Lipinski definition) is 1. The largest absolute Gasteiger partial charge is 0.417 e. The normalized spacial score (nSPS) is 11.7. The average molecular weight is 283 g/mol. The second-order valence-corrected chi connectivity index (χ2v) is 4.35. The van der Waals surface area contributed by atoms with Gasteiger partial charge in [0.25, 0.3) is 0 Å². The molecule has 5 heteroatoms. The average Bonchev–Trinajstić information content (AvgIpc) is 2.40. The maximum atomic E-state index is 13.8. The first-order valence-electron chi connectivity index (χ1n) is 6.09. The Morgan fingerprint density at radius 3 is 2.20 bits per heavy atom. The summed E-state index contributed by atoms with van der Waals surface area (Å²) in [7, 11) is 0. The summed E-state index contributed by atoms with van der Waals surface area (Å²) in [5.41, 5.74) is 5.07. The Balaban J connectivity index is 2.66. The summed E-state index contributed by atoms with van der Waals surface area (Å²) >= 11 is 0. The molecule has 0 spiro atoms. The van der Waals surface area contributed by atoms with E-state index >= 15 is 0 Å². The van der Waals surface area contributed by atoms with Gasteiger partial charge in [-0.05, 0) is 41.8 Å². The van der Waals surface area contributed by atoms with Crippen LogP contribution >= 0.6 is 0 Å². The number of nitrogens with two attached hydrogens (primary N) is 1. The van der Waals surface area contributed by atoms with Gasteiger partial charge in [0.2, 0.25) is 0 Å². The van der Waals surface area contributed by atoms with Crippen LogP contribution in [0.4, 0.5) is 17.6 Å². The highest BCUT2D eigenvalue weighted by molar-refractivity contribution is 5.71. The van der Waals surface area contributed by atoms with Crippen molar-refractivity contribution in [1.29, 1.82) is 0 Å². The second-order valence-electron chi connectivity index (χ2n) is 4.35. The molecule has 0 heterocycles. The van der Waals surface area contributed by atoms with Crippen LogP contribution in [0.3, 0.4) is 0 Å². The molecule has 2 aromatic rings. The fourth-order valence-electron chi connectivity index (χ4n) is 2.17. The van der Waals surface area contributed by atoms with Crippen LogP contribution in [0, 0.1) is 5.82 Å². The molecule has 2 rings (SSSR count). The Bertz CT molecular complexity index is 605.